The Balaban J connectivity index is 1.18. The Kier molecular flexibility index (Phi) is 5.49. The average Bonchev–Trinajstić information content (AvgIpc) is 3.75. The van der Waals surface area contributed by atoms with Crippen molar-refractivity contribution in [1.29, 1.82) is 0 Å². The third-order valence-electron chi connectivity index (χ3n) is 15.2. The summed E-state index contributed by atoms with van der Waals surface area (Å²) in [6.45, 7) is 9.76. The number of fused-ring (bicyclic) bond motifs is 9. The quantitative estimate of drug-likeness (QED) is 0.189. The molecule has 0 aliphatic heterocycles. The van der Waals surface area contributed by atoms with Gasteiger partial charge in [0.05, 0.1) is 5.69 Å². The van der Waals surface area contributed by atoms with E-state index in [0.717, 1.165) is 23.7 Å². The summed E-state index contributed by atoms with van der Waals surface area (Å²) in [4.78, 5) is 2.58. The molecule has 2 bridgehead atoms. The molecule has 11 rings (SSSR count). The molecule has 0 saturated heterocycles. The normalized spacial score (nSPS) is 31.3. The van der Waals surface area contributed by atoms with Crippen LogP contribution in [0.2, 0.25) is 0 Å². The van der Waals surface area contributed by atoms with Gasteiger partial charge in [-0.1, -0.05) is 107 Å². The van der Waals surface area contributed by atoms with Gasteiger partial charge in [0, 0.05) is 22.4 Å². The lowest BCUT2D eigenvalue weighted by molar-refractivity contribution is -0.231. The predicted molar refractivity (Wildman–Crippen MR) is 203 cm³/mol. The fraction of sp³-hybridized carbons (Fsp3) is 0.375. The average molecular weight is 638 g/mol. The standard InChI is InChI=1S/C48H47N/c1-45(2)21-22-46(3,4)41-26-34(19-20-39(41)45)49(33-15-9-6-10-16-33)42-28-37-35-17-11-12-18-38(35)48(40(37)27-36(42)31-13-7-5-8-14-31)43-24-30-23-32-25-44(48)47(32,43)29-30/h5-20,26-28,30,32,43-44H,21-25,29H2,1-4H3. The third kappa shape index (κ3) is 3.43. The molecule has 0 radical (unpaired) electrons. The van der Waals surface area contributed by atoms with Crippen LogP contribution in [0.3, 0.4) is 0 Å². The topological polar surface area (TPSA) is 3.24 Å². The minimum atomic E-state index is 0.135. The molecule has 4 fully saturated rings. The minimum Gasteiger partial charge on any atom is -0.310 e. The van der Waals surface area contributed by atoms with Gasteiger partial charge in [0.25, 0.3) is 0 Å². The van der Waals surface area contributed by atoms with Crippen LogP contribution < -0.4 is 4.90 Å². The number of nitrogens with zero attached hydrogens (tertiary/aromatic N) is 1. The van der Waals surface area contributed by atoms with Crippen molar-refractivity contribution < 1.29 is 0 Å². The van der Waals surface area contributed by atoms with Gasteiger partial charge in [-0.05, 0) is 154 Å². The first-order valence-electron chi connectivity index (χ1n) is 19.1. The first-order valence-corrected chi connectivity index (χ1v) is 19.1. The lowest BCUT2D eigenvalue weighted by Crippen LogP contribution is -2.73. The fourth-order valence-electron chi connectivity index (χ4n) is 13.1. The Morgan fingerprint density at radius 3 is 2.00 bits per heavy atom. The largest absolute Gasteiger partial charge is 0.310 e. The summed E-state index contributed by atoms with van der Waals surface area (Å²) < 4.78 is 0. The molecule has 0 amide bonds. The van der Waals surface area contributed by atoms with Crippen LogP contribution in [-0.4, -0.2) is 0 Å². The second-order valence-corrected chi connectivity index (χ2v) is 18.1. The van der Waals surface area contributed by atoms with Gasteiger partial charge in [-0.15, -0.1) is 0 Å². The van der Waals surface area contributed by atoms with Gasteiger partial charge in [-0.25, -0.2) is 0 Å². The van der Waals surface area contributed by atoms with Crippen molar-refractivity contribution in [2.45, 2.75) is 82.5 Å². The molecule has 6 atom stereocenters. The molecule has 6 aliphatic carbocycles. The van der Waals surface area contributed by atoms with Gasteiger partial charge in [0.15, 0.2) is 0 Å². The van der Waals surface area contributed by atoms with E-state index in [9.17, 15) is 0 Å². The van der Waals surface area contributed by atoms with E-state index >= 15 is 0 Å². The lowest BCUT2D eigenvalue weighted by Gasteiger charge is -2.76. The van der Waals surface area contributed by atoms with E-state index in [2.05, 4.69) is 148 Å². The number of hydrogen-bond donors (Lipinski definition) is 0. The summed E-state index contributed by atoms with van der Waals surface area (Å²) in [6.07, 6.45) is 8.31. The molecule has 5 aromatic carbocycles. The fourth-order valence-corrected chi connectivity index (χ4v) is 13.1. The molecule has 0 N–H and O–H groups in total. The summed E-state index contributed by atoms with van der Waals surface area (Å²) in [6, 6.07) is 44.7. The molecule has 0 aromatic heterocycles. The van der Waals surface area contributed by atoms with E-state index in [-0.39, 0.29) is 16.2 Å². The van der Waals surface area contributed by atoms with Crippen molar-refractivity contribution >= 4 is 17.1 Å². The summed E-state index contributed by atoms with van der Waals surface area (Å²) >= 11 is 0. The first-order chi connectivity index (χ1) is 23.7. The zero-order valence-corrected chi connectivity index (χ0v) is 29.5. The summed E-state index contributed by atoms with van der Waals surface area (Å²) in [5, 5.41) is 0. The highest BCUT2D eigenvalue weighted by Crippen LogP contribution is 2.89. The van der Waals surface area contributed by atoms with Crippen LogP contribution >= 0.6 is 0 Å². The van der Waals surface area contributed by atoms with Crippen LogP contribution in [-0.2, 0) is 16.2 Å². The number of hydrogen-bond acceptors (Lipinski definition) is 1. The van der Waals surface area contributed by atoms with Crippen molar-refractivity contribution in [2.24, 2.45) is 29.1 Å². The van der Waals surface area contributed by atoms with E-state index in [4.69, 9.17) is 0 Å². The Morgan fingerprint density at radius 1 is 0.531 bits per heavy atom. The van der Waals surface area contributed by atoms with Gasteiger partial charge in [-0.3, -0.25) is 0 Å². The number of benzene rings is 5. The molecule has 1 nitrogen and oxygen atoms in total. The van der Waals surface area contributed by atoms with Gasteiger partial charge in [-0.2, -0.15) is 0 Å². The Bertz CT molecular complexity index is 2170. The highest BCUT2D eigenvalue weighted by molar-refractivity contribution is 5.95. The van der Waals surface area contributed by atoms with Crippen LogP contribution in [0.5, 0.6) is 0 Å². The van der Waals surface area contributed by atoms with Gasteiger partial charge >= 0.3 is 0 Å². The van der Waals surface area contributed by atoms with Crippen molar-refractivity contribution in [2.75, 3.05) is 4.90 Å². The zero-order chi connectivity index (χ0) is 32.9. The van der Waals surface area contributed by atoms with Crippen molar-refractivity contribution in [3.8, 4) is 22.3 Å². The molecule has 4 saturated carbocycles. The smallest absolute Gasteiger partial charge is 0.0546 e. The lowest BCUT2D eigenvalue weighted by atomic mass is 9.27. The molecule has 2 spiro atoms. The molecule has 6 unspecified atom stereocenters. The SMILES string of the molecule is CC1(C)CCC(C)(C)c2cc(N(c3ccccc3)c3cc4c(cc3-c3ccccc3)C3(c5ccccc5-4)C4CC5CC6CC3C64C5)ccc21. The summed E-state index contributed by atoms with van der Waals surface area (Å²) in [5.41, 5.74) is 16.8. The molecule has 244 valence electrons. The molecule has 49 heavy (non-hydrogen) atoms. The molecule has 5 aromatic rings. The van der Waals surface area contributed by atoms with Gasteiger partial charge < -0.3 is 4.90 Å². The highest BCUT2D eigenvalue weighted by Gasteiger charge is 2.84. The molecule has 0 heterocycles. The van der Waals surface area contributed by atoms with Crippen molar-refractivity contribution in [1.82, 2.24) is 0 Å². The number of para-hydroxylation sites is 1. The Morgan fingerprint density at radius 2 is 1.22 bits per heavy atom. The van der Waals surface area contributed by atoms with E-state index in [1.807, 2.05) is 0 Å². The predicted octanol–water partition coefficient (Wildman–Crippen LogP) is 12.5. The second-order valence-electron chi connectivity index (χ2n) is 18.1. The van der Waals surface area contributed by atoms with E-state index in [1.165, 1.54) is 89.0 Å². The van der Waals surface area contributed by atoms with Crippen molar-refractivity contribution in [3.05, 3.63) is 138 Å². The van der Waals surface area contributed by atoms with Gasteiger partial charge in [0.1, 0.15) is 0 Å². The van der Waals surface area contributed by atoms with E-state index in [1.54, 1.807) is 11.1 Å². The molecular weight excluding hydrogens is 591 g/mol. The maximum atomic E-state index is 2.69. The van der Waals surface area contributed by atoms with Crippen LogP contribution in [0, 0.1) is 29.1 Å². The second kappa shape index (κ2) is 9.36. The van der Waals surface area contributed by atoms with Gasteiger partial charge in [0.2, 0.25) is 0 Å². The summed E-state index contributed by atoms with van der Waals surface area (Å²) in [5.74, 6) is 3.55. The number of rotatable bonds is 4. The Labute approximate surface area is 292 Å². The molecule has 6 aliphatic rings. The van der Waals surface area contributed by atoms with Crippen LogP contribution in [0.25, 0.3) is 22.3 Å². The van der Waals surface area contributed by atoms with Crippen LogP contribution in [0.1, 0.15) is 88.5 Å². The third-order valence-corrected chi connectivity index (χ3v) is 15.2. The summed E-state index contributed by atoms with van der Waals surface area (Å²) in [7, 11) is 0. The minimum absolute atomic E-state index is 0.135. The Hall–Kier alpha value is -4.10. The van der Waals surface area contributed by atoms with Crippen molar-refractivity contribution in [3.63, 3.8) is 0 Å². The maximum absolute atomic E-state index is 2.69. The maximum Gasteiger partial charge on any atom is 0.0546 e. The van der Waals surface area contributed by atoms with Crippen LogP contribution in [0.4, 0.5) is 17.1 Å². The van der Waals surface area contributed by atoms with E-state index in [0.29, 0.717) is 5.41 Å². The number of anilines is 3. The monoisotopic (exact) mass is 637 g/mol. The van der Waals surface area contributed by atoms with E-state index < -0.39 is 0 Å². The first kappa shape index (κ1) is 28.7. The highest BCUT2D eigenvalue weighted by atomic mass is 15.1. The zero-order valence-electron chi connectivity index (χ0n) is 29.5. The molecule has 1 heteroatoms. The van der Waals surface area contributed by atoms with Crippen LogP contribution in [0.15, 0.2) is 115 Å². The molecular formula is C48H47N.